The standard InChI is InChI=1S/C22H23N3OS2/c1-16-21(18-9-5-6-10-19(18)23-16)20(26)15-28-22(27)25-13-11-24(12-14-25)17-7-3-2-4-8-17/h2-10,23H,11-15H2,1H3. The highest BCUT2D eigenvalue weighted by molar-refractivity contribution is 8.23. The first-order valence-electron chi connectivity index (χ1n) is 9.45. The molecular weight excluding hydrogens is 386 g/mol. The van der Waals surface area contributed by atoms with E-state index >= 15 is 0 Å². The van der Waals surface area contributed by atoms with Gasteiger partial charge in [0.25, 0.3) is 0 Å². The zero-order valence-corrected chi connectivity index (χ0v) is 17.5. The van der Waals surface area contributed by atoms with Crippen LogP contribution in [0.4, 0.5) is 5.69 Å². The number of aromatic amines is 1. The van der Waals surface area contributed by atoms with Crippen LogP contribution < -0.4 is 4.90 Å². The van der Waals surface area contributed by atoms with Crippen LogP contribution >= 0.6 is 24.0 Å². The number of carbonyl (C=O) groups is 1. The molecule has 144 valence electrons. The van der Waals surface area contributed by atoms with Gasteiger partial charge in [-0.1, -0.05) is 60.4 Å². The summed E-state index contributed by atoms with van der Waals surface area (Å²) in [5.74, 6) is 0.505. The molecule has 0 bridgehead atoms. The summed E-state index contributed by atoms with van der Waals surface area (Å²) in [6.45, 7) is 5.63. The fourth-order valence-electron chi connectivity index (χ4n) is 3.71. The second-order valence-corrected chi connectivity index (χ2v) is 8.57. The lowest BCUT2D eigenvalue weighted by Gasteiger charge is -2.37. The van der Waals surface area contributed by atoms with Gasteiger partial charge >= 0.3 is 0 Å². The number of benzene rings is 2. The van der Waals surface area contributed by atoms with Crippen molar-refractivity contribution in [2.75, 3.05) is 36.8 Å². The summed E-state index contributed by atoms with van der Waals surface area (Å²) < 4.78 is 0.818. The van der Waals surface area contributed by atoms with Crippen molar-refractivity contribution in [1.82, 2.24) is 9.88 Å². The Balaban J connectivity index is 1.33. The highest BCUT2D eigenvalue weighted by Crippen LogP contribution is 2.24. The van der Waals surface area contributed by atoms with Gasteiger partial charge in [0.1, 0.15) is 4.32 Å². The van der Waals surface area contributed by atoms with Gasteiger partial charge in [0, 0.05) is 54.0 Å². The number of fused-ring (bicyclic) bond motifs is 1. The molecule has 0 atom stereocenters. The number of thiocarbonyl (C=S) groups is 1. The smallest absolute Gasteiger partial charge is 0.175 e. The minimum absolute atomic E-state index is 0.130. The third-order valence-corrected chi connectivity index (χ3v) is 6.68. The Hall–Kier alpha value is -2.31. The molecule has 28 heavy (non-hydrogen) atoms. The second kappa shape index (κ2) is 8.37. The molecular formula is C22H23N3OS2. The van der Waals surface area contributed by atoms with Gasteiger partial charge < -0.3 is 14.8 Å². The van der Waals surface area contributed by atoms with Crippen LogP contribution in [-0.2, 0) is 0 Å². The summed E-state index contributed by atoms with van der Waals surface area (Å²) in [6.07, 6.45) is 0. The Morgan fingerprint density at radius 3 is 2.46 bits per heavy atom. The van der Waals surface area contributed by atoms with E-state index in [-0.39, 0.29) is 5.78 Å². The quantitative estimate of drug-likeness (QED) is 0.507. The van der Waals surface area contributed by atoms with Crippen molar-refractivity contribution in [3.8, 4) is 0 Å². The predicted octanol–water partition coefficient (Wildman–Crippen LogP) is 4.50. The lowest BCUT2D eigenvalue weighted by atomic mass is 10.1. The van der Waals surface area contributed by atoms with Gasteiger partial charge in [-0.25, -0.2) is 0 Å². The molecule has 2 heterocycles. The molecule has 4 nitrogen and oxygen atoms in total. The van der Waals surface area contributed by atoms with E-state index in [0.717, 1.165) is 52.7 Å². The number of hydrogen-bond acceptors (Lipinski definition) is 4. The Labute approximate surface area is 174 Å². The van der Waals surface area contributed by atoms with Crippen molar-refractivity contribution in [3.05, 3.63) is 65.9 Å². The molecule has 0 unspecified atom stereocenters. The van der Waals surface area contributed by atoms with E-state index in [4.69, 9.17) is 12.2 Å². The van der Waals surface area contributed by atoms with Crippen molar-refractivity contribution in [2.45, 2.75) is 6.92 Å². The fraction of sp³-hybridized carbons (Fsp3) is 0.273. The number of aromatic nitrogens is 1. The van der Waals surface area contributed by atoms with Gasteiger partial charge in [0.2, 0.25) is 0 Å². The maximum Gasteiger partial charge on any atom is 0.175 e. The average molecular weight is 410 g/mol. The number of rotatable bonds is 4. The first-order chi connectivity index (χ1) is 13.6. The van der Waals surface area contributed by atoms with Gasteiger partial charge in [0.15, 0.2) is 5.78 Å². The van der Waals surface area contributed by atoms with E-state index in [0.29, 0.717) is 5.75 Å². The highest BCUT2D eigenvalue weighted by Gasteiger charge is 2.21. The molecule has 1 aromatic heterocycles. The van der Waals surface area contributed by atoms with E-state index in [1.165, 1.54) is 17.4 Å². The summed E-state index contributed by atoms with van der Waals surface area (Å²) in [6, 6.07) is 18.4. The zero-order valence-electron chi connectivity index (χ0n) is 15.9. The molecule has 4 rings (SSSR count). The number of anilines is 1. The van der Waals surface area contributed by atoms with E-state index in [1.54, 1.807) is 0 Å². The molecule has 1 saturated heterocycles. The third-order valence-electron chi connectivity index (χ3n) is 5.16. The van der Waals surface area contributed by atoms with Gasteiger partial charge in [-0.15, -0.1) is 0 Å². The first kappa shape index (κ1) is 19.0. The summed E-state index contributed by atoms with van der Waals surface area (Å²) in [5, 5.41) is 0.994. The minimum atomic E-state index is 0.130. The molecule has 6 heteroatoms. The average Bonchev–Trinajstić information content (AvgIpc) is 3.08. The molecule has 0 spiro atoms. The number of para-hydroxylation sites is 2. The number of thioether (sulfide) groups is 1. The highest BCUT2D eigenvalue weighted by atomic mass is 32.2. The van der Waals surface area contributed by atoms with Crippen molar-refractivity contribution < 1.29 is 4.79 Å². The van der Waals surface area contributed by atoms with E-state index in [2.05, 4.69) is 39.0 Å². The summed E-state index contributed by atoms with van der Waals surface area (Å²) in [4.78, 5) is 20.7. The molecule has 0 aliphatic carbocycles. The van der Waals surface area contributed by atoms with Crippen molar-refractivity contribution >= 4 is 50.7 Å². The largest absolute Gasteiger partial charge is 0.368 e. The second-order valence-electron chi connectivity index (χ2n) is 6.96. The number of ketones is 1. The molecule has 0 saturated carbocycles. The van der Waals surface area contributed by atoms with E-state index < -0.39 is 0 Å². The Bertz CT molecular complexity index is 991. The molecule has 1 fully saturated rings. The van der Waals surface area contributed by atoms with Gasteiger partial charge in [-0.3, -0.25) is 4.79 Å². The molecule has 0 radical (unpaired) electrons. The van der Waals surface area contributed by atoms with Crippen LogP contribution in [0.25, 0.3) is 10.9 Å². The number of nitrogens with one attached hydrogen (secondary N) is 1. The number of hydrogen-bond donors (Lipinski definition) is 1. The van der Waals surface area contributed by atoms with Gasteiger partial charge in [-0.05, 0) is 25.1 Å². The number of carbonyl (C=O) groups excluding carboxylic acids is 1. The molecule has 2 aromatic carbocycles. The number of H-pyrrole nitrogens is 1. The SMILES string of the molecule is Cc1[nH]c2ccccc2c1C(=O)CSC(=S)N1CCN(c2ccccc2)CC1. The summed E-state index contributed by atoms with van der Waals surface area (Å²) in [7, 11) is 0. The van der Waals surface area contributed by atoms with Crippen LogP contribution in [0, 0.1) is 6.92 Å². The lowest BCUT2D eigenvalue weighted by Crippen LogP contribution is -2.47. The Morgan fingerprint density at radius 2 is 1.71 bits per heavy atom. The molecule has 1 N–H and O–H groups in total. The first-order valence-corrected chi connectivity index (χ1v) is 10.8. The number of nitrogens with zero attached hydrogens (tertiary/aromatic N) is 2. The topological polar surface area (TPSA) is 39.3 Å². The van der Waals surface area contributed by atoms with Crippen LogP contribution in [0.5, 0.6) is 0 Å². The van der Waals surface area contributed by atoms with Crippen LogP contribution in [0.1, 0.15) is 16.1 Å². The van der Waals surface area contributed by atoms with Crippen LogP contribution in [0.15, 0.2) is 54.6 Å². The van der Waals surface area contributed by atoms with Crippen LogP contribution in [0.3, 0.4) is 0 Å². The zero-order chi connectivity index (χ0) is 19.5. The fourth-order valence-corrected chi connectivity index (χ4v) is 4.84. The maximum atomic E-state index is 12.8. The molecule has 1 aliphatic rings. The lowest BCUT2D eigenvalue weighted by molar-refractivity contribution is 0.102. The summed E-state index contributed by atoms with van der Waals surface area (Å²) >= 11 is 7.10. The monoisotopic (exact) mass is 409 g/mol. The van der Waals surface area contributed by atoms with Gasteiger partial charge in [-0.2, -0.15) is 0 Å². The Kier molecular flexibility index (Phi) is 5.69. The van der Waals surface area contributed by atoms with Gasteiger partial charge in [0.05, 0.1) is 5.75 Å². The van der Waals surface area contributed by atoms with Crippen molar-refractivity contribution in [1.29, 1.82) is 0 Å². The van der Waals surface area contributed by atoms with Crippen LogP contribution in [0.2, 0.25) is 0 Å². The summed E-state index contributed by atoms with van der Waals surface area (Å²) in [5.41, 5.74) is 3.98. The molecule has 3 aromatic rings. The van der Waals surface area contributed by atoms with Crippen LogP contribution in [-0.4, -0.2) is 51.9 Å². The number of Topliss-reactive ketones (excluding diaryl/α,β-unsaturated/α-hetero) is 1. The number of aryl methyl sites for hydroxylation is 1. The molecule has 1 aliphatic heterocycles. The third kappa shape index (κ3) is 3.93. The van der Waals surface area contributed by atoms with E-state index in [1.807, 2.05) is 37.3 Å². The molecule has 0 amide bonds. The maximum absolute atomic E-state index is 12.8. The normalized spacial score (nSPS) is 14.5. The van der Waals surface area contributed by atoms with E-state index in [9.17, 15) is 4.79 Å². The van der Waals surface area contributed by atoms with Crippen molar-refractivity contribution in [2.24, 2.45) is 0 Å². The Morgan fingerprint density at radius 1 is 1.04 bits per heavy atom. The number of piperazine rings is 1. The minimum Gasteiger partial charge on any atom is -0.368 e. The van der Waals surface area contributed by atoms with Crippen molar-refractivity contribution in [3.63, 3.8) is 0 Å². The predicted molar refractivity (Wildman–Crippen MR) is 123 cm³/mol.